The van der Waals surface area contributed by atoms with E-state index in [1.165, 1.54) is 29.2 Å². The average Bonchev–Trinajstić information content (AvgIpc) is 3.12. The van der Waals surface area contributed by atoms with Gasteiger partial charge in [0.05, 0.1) is 46.5 Å². The Hall–Kier alpha value is -2.88. The summed E-state index contributed by atoms with van der Waals surface area (Å²) in [6.07, 6.45) is 1.91. The van der Waals surface area contributed by atoms with Crippen LogP contribution in [0.2, 0.25) is 5.02 Å². The number of halogens is 4. The topological polar surface area (TPSA) is 84.2 Å². The van der Waals surface area contributed by atoms with Gasteiger partial charge in [-0.25, -0.2) is 22.7 Å². The molecule has 1 atom stereocenters. The van der Waals surface area contributed by atoms with E-state index >= 15 is 0 Å². The van der Waals surface area contributed by atoms with Crippen LogP contribution < -0.4 is 10.6 Å². The fraction of sp³-hybridized carbons (Fsp3) is 0.368. The van der Waals surface area contributed by atoms with E-state index < -0.39 is 25.0 Å². The van der Waals surface area contributed by atoms with Crippen LogP contribution in [-0.4, -0.2) is 51.2 Å². The number of carbonyl (C=O) groups is 1. The smallest absolute Gasteiger partial charge is 0.255 e. The lowest BCUT2D eigenvalue weighted by molar-refractivity contribution is 0.0935. The molecule has 3 rings (SSSR count). The number of aromatic nitrogens is 4. The summed E-state index contributed by atoms with van der Waals surface area (Å²) in [5, 5.41) is 9.57. The molecule has 7 nitrogen and oxygen atoms in total. The predicted octanol–water partition coefficient (Wildman–Crippen LogP) is 3.85. The Balaban J connectivity index is 1.93. The fourth-order valence-corrected chi connectivity index (χ4v) is 2.81. The van der Waals surface area contributed by atoms with Crippen LogP contribution in [0.15, 0.2) is 30.9 Å². The van der Waals surface area contributed by atoms with Gasteiger partial charge in [-0.2, -0.15) is 5.10 Å². The van der Waals surface area contributed by atoms with Gasteiger partial charge in [0.15, 0.2) is 5.65 Å². The van der Waals surface area contributed by atoms with E-state index in [9.17, 15) is 18.0 Å². The van der Waals surface area contributed by atoms with Crippen LogP contribution in [-0.2, 0) is 0 Å². The summed E-state index contributed by atoms with van der Waals surface area (Å²) in [6.45, 7) is 2.54. The highest BCUT2D eigenvalue weighted by Gasteiger charge is 2.19. The van der Waals surface area contributed by atoms with Crippen molar-refractivity contribution in [2.45, 2.75) is 26.4 Å². The van der Waals surface area contributed by atoms with Crippen molar-refractivity contribution in [3.05, 3.63) is 41.4 Å². The van der Waals surface area contributed by atoms with Crippen LogP contribution in [0.5, 0.6) is 0 Å². The van der Waals surface area contributed by atoms with Gasteiger partial charge in [0.25, 0.3) is 12.3 Å². The molecule has 11 heteroatoms. The highest BCUT2D eigenvalue weighted by atomic mass is 35.5. The molecule has 160 valence electrons. The number of anilines is 1. The highest BCUT2D eigenvalue weighted by Crippen LogP contribution is 2.27. The summed E-state index contributed by atoms with van der Waals surface area (Å²) in [5.41, 5.74) is 1.54. The zero-order valence-electron chi connectivity index (χ0n) is 16.2. The van der Waals surface area contributed by atoms with Crippen molar-refractivity contribution in [1.29, 1.82) is 0 Å². The van der Waals surface area contributed by atoms with Crippen LogP contribution in [0, 0.1) is 5.92 Å². The minimum absolute atomic E-state index is 0.0304. The Morgan fingerprint density at radius 3 is 2.63 bits per heavy atom. The van der Waals surface area contributed by atoms with Gasteiger partial charge in [-0.1, -0.05) is 25.4 Å². The van der Waals surface area contributed by atoms with Gasteiger partial charge in [-0.05, 0) is 12.0 Å². The first kappa shape index (κ1) is 21.8. The Kier molecular flexibility index (Phi) is 6.76. The first-order valence-electron chi connectivity index (χ1n) is 9.20. The van der Waals surface area contributed by atoms with E-state index in [1.54, 1.807) is 20.0 Å². The zero-order chi connectivity index (χ0) is 21.8. The molecule has 0 fully saturated rings. The normalized spacial score (nSPS) is 12.5. The summed E-state index contributed by atoms with van der Waals surface area (Å²) >= 11 is 5.91. The van der Waals surface area contributed by atoms with E-state index in [2.05, 4.69) is 25.7 Å². The number of carbonyl (C=O) groups excluding carboxylic acids is 1. The van der Waals surface area contributed by atoms with Gasteiger partial charge in [-0.3, -0.25) is 9.78 Å². The van der Waals surface area contributed by atoms with Gasteiger partial charge in [0.2, 0.25) is 0 Å². The second-order valence-corrected chi connectivity index (χ2v) is 7.39. The van der Waals surface area contributed by atoms with E-state index in [1.807, 2.05) is 0 Å². The van der Waals surface area contributed by atoms with Gasteiger partial charge < -0.3 is 10.6 Å². The Labute approximate surface area is 175 Å². The summed E-state index contributed by atoms with van der Waals surface area (Å²) in [7, 11) is 0. The molecular formula is C19H20ClF3N6O. The molecule has 0 aromatic carbocycles. The molecule has 3 heterocycles. The molecular weight excluding hydrogens is 421 g/mol. The monoisotopic (exact) mass is 440 g/mol. The number of fused-ring (bicyclic) bond motifs is 1. The number of rotatable bonds is 8. The van der Waals surface area contributed by atoms with Crippen LogP contribution in [0.4, 0.5) is 18.9 Å². The van der Waals surface area contributed by atoms with Crippen molar-refractivity contribution in [2.75, 3.05) is 18.4 Å². The molecule has 0 aliphatic rings. The maximum atomic E-state index is 13.8. The molecule has 0 saturated heterocycles. The average molecular weight is 441 g/mol. The summed E-state index contributed by atoms with van der Waals surface area (Å²) in [4.78, 5) is 21.0. The minimum Gasteiger partial charge on any atom is -0.379 e. The molecule has 0 bridgehead atoms. The number of pyridine rings is 1. The van der Waals surface area contributed by atoms with Crippen molar-refractivity contribution in [3.8, 4) is 11.3 Å². The van der Waals surface area contributed by atoms with Crippen molar-refractivity contribution < 1.29 is 18.0 Å². The summed E-state index contributed by atoms with van der Waals surface area (Å²) in [5.74, 6) is -0.877. The lowest BCUT2D eigenvalue weighted by Crippen LogP contribution is -2.33. The van der Waals surface area contributed by atoms with Crippen molar-refractivity contribution >= 4 is 28.8 Å². The maximum absolute atomic E-state index is 13.8. The molecule has 3 aromatic heterocycles. The first-order chi connectivity index (χ1) is 14.3. The number of nitrogens with one attached hydrogen (secondary N) is 2. The van der Waals surface area contributed by atoms with E-state index in [-0.39, 0.29) is 23.7 Å². The van der Waals surface area contributed by atoms with Gasteiger partial charge in [0.1, 0.15) is 6.17 Å². The van der Waals surface area contributed by atoms with E-state index in [0.29, 0.717) is 21.9 Å². The predicted molar refractivity (Wildman–Crippen MR) is 108 cm³/mol. The number of hydrogen-bond donors (Lipinski definition) is 2. The summed E-state index contributed by atoms with van der Waals surface area (Å²) < 4.78 is 40.8. The van der Waals surface area contributed by atoms with E-state index in [0.717, 1.165) is 0 Å². The van der Waals surface area contributed by atoms with Gasteiger partial charge >= 0.3 is 0 Å². The third kappa shape index (κ3) is 4.99. The fourth-order valence-electron chi connectivity index (χ4n) is 2.67. The quantitative estimate of drug-likeness (QED) is 0.556. The van der Waals surface area contributed by atoms with Crippen LogP contribution in [0.1, 0.15) is 24.2 Å². The Bertz CT molecular complexity index is 1040. The lowest BCUT2D eigenvalue weighted by atomic mass is 10.1. The first-order valence-corrected chi connectivity index (χ1v) is 9.57. The molecule has 0 saturated carbocycles. The van der Waals surface area contributed by atoms with Crippen LogP contribution in [0.25, 0.3) is 16.9 Å². The lowest BCUT2D eigenvalue weighted by Gasteiger charge is -2.15. The van der Waals surface area contributed by atoms with E-state index in [4.69, 9.17) is 11.6 Å². The third-order valence-electron chi connectivity index (χ3n) is 4.38. The second kappa shape index (κ2) is 9.29. The zero-order valence-corrected chi connectivity index (χ0v) is 17.0. The number of hydrogen-bond acceptors (Lipinski definition) is 5. The summed E-state index contributed by atoms with van der Waals surface area (Å²) in [6, 6.07) is 1.46. The molecule has 1 amide bonds. The third-order valence-corrected chi connectivity index (χ3v) is 4.57. The van der Waals surface area contributed by atoms with Crippen molar-refractivity contribution in [3.63, 3.8) is 0 Å². The molecule has 0 aliphatic heterocycles. The van der Waals surface area contributed by atoms with Crippen LogP contribution in [0.3, 0.4) is 0 Å². The standard InChI is InChI=1S/C19H20ClF3N6O/c1-10(2)14(21)7-27-19(30)13-5-24-15(3-16(13)25-8-17(22)23)12-6-28-29-9-11(20)4-26-18(12)29/h3-6,9-10,14,17H,7-8H2,1-2H3,(H,24,25)(H,27,30). The SMILES string of the molecule is CC(C)C(F)CNC(=O)c1cnc(-c2cnn3cc(Cl)cnc23)cc1NCC(F)F. The molecule has 0 radical (unpaired) electrons. The van der Waals surface area contributed by atoms with Crippen LogP contribution >= 0.6 is 11.6 Å². The molecule has 2 N–H and O–H groups in total. The molecule has 0 spiro atoms. The van der Waals surface area contributed by atoms with Crippen molar-refractivity contribution in [1.82, 2.24) is 24.9 Å². The molecule has 1 unspecified atom stereocenters. The Morgan fingerprint density at radius 2 is 1.93 bits per heavy atom. The Morgan fingerprint density at radius 1 is 1.17 bits per heavy atom. The van der Waals surface area contributed by atoms with Gasteiger partial charge in [-0.15, -0.1) is 0 Å². The maximum Gasteiger partial charge on any atom is 0.255 e. The number of nitrogens with zero attached hydrogens (tertiary/aromatic N) is 4. The molecule has 30 heavy (non-hydrogen) atoms. The second-order valence-electron chi connectivity index (χ2n) is 6.96. The molecule has 0 aliphatic carbocycles. The molecule has 3 aromatic rings. The minimum atomic E-state index is -2.63. The number of amides is 1. The highest BCUT2D eigenvalue weighted by molar-refractivity contribution is 6.30. The number of alkyl halides is 3. The van der Waals surface area contributed by atoms with Crippen molar-refractivity contribution in [2.24, 2.45) is 5.92 Å². The largest absolute Gasteiger partial charge is 0.379 e. The van der Waals surface area contributed by atoms with Gasteiger partial charge in [0, 0.05) is 18.9 Å².